The van der Waals surface area contributed by atoms with Gasteiger partial charge < -0.3 is 0 Å². The topological polar surface area (TPSA) is 12.4 Å². The molecule has 0 N–H and O–H groups in total. The highest BCUT2D eigenvalue weighted by Crippen LogP contribution is 2.38. The van der Waals surface area contributed by atoms with E-state index in [0.29, 0.717) is 5.92 Å². The van der Waals surface area contributed by atoms with Gasteiger partial charge in [-0.2, -0.15) is 0 Å². The smallest absolute Gasteiger partial charge is 0.0520 e. The lowest BCUT2D eigenvalue weighted by Crippen LogP contribution is -2.17. The van der Waals surface area contributed by atoms with E-state index >= 15 is 0 Å². The van der Waals surface area contributed by atoms with Gasteiger partial charge in [-0.25, -0.2) is 0 Å². The molecule has 1 nitrogen and oxygen atoms in total. The second-order valence-electron chi connectivity index (χ2n) is 12.4. The van der Waals surface area contributed by atoms with Crippen molar-refractivity contribution in [3.63, 3.8) is 0 Å². The monoisotopic (exact) mass is 495 g/mol. The van der Waals surface area contributed by atoms with Crippen molar-refractivity contribution in [1.29, 1.82) is 0 Å². The van der Waals surface area contributed by atoms with Crippen LogP contribution in [0.2, 0.25) is 0 Å². The second-order valence-corrected chi connectivity index (χ2v) is 12.4. The maximum Gasteiger partial charge on any atom is 0.0520 e. The molecule has 0 bridgehead atoms. The van der Waals surface area contributed by atoms with Gasteiger partial charge in [0.1, 0.15) is 0 Å². The van der Waals surface area contributed by atoms with E-state index in [1.54, 1.807) is 0 Å². The predicted octanol–water partition coefficient (Wildman–Crippen LogP) is 10.3. The molecule has 0 amide bonds. The van der Waals surface area contributed by atoms with Crippen molar-refractivity contribution in [1.82, 2.24) is 0 Å². The first kappa shape index (κ1) is 27.6. The Bertz CT molecular complexity index is 1150. The second kappa shape index (κ2) is 12.9. The van der Waals surface area contributed by atoms with E-state index in [9.17, 15) is 0 Å². The molecule has 1 aliphatic carbocycles. The number of rotatable bonds is 11. The SMILES string of the molecule is C=C(C)C(CCc1cc(C)ccc1C)CCC1CCCC(CCC2=C(C)CC(c3cccc(C)c3)=N2)C1. The zero-order valence-corrected chi connectivity index (χ0v) is 24.2. The number of hydrogen-bond acceptors (Lipinski definition) is 1. The molecule has 2 aromatic rings. The van der Waals surface area contributed by atoms with Gasteiger partial charge in [-0.15, -0.1) is 0 Å². The molecule has 2 aliphatic rings. The van der Waals surface area contributed by atoms with Gasteiger partial charge in [-0.05, 0) is 120 Å². The fourth-order valence-corrected chi connectivity index (χ4v) is 6.65. The highest BCUT2D eigenvalue weighted by atomic mass is 14.8. The summed E-state index contributed by atoms with van der Waals surface area (Å²) in [5.74, 6) is 2.42. The Kier molecular flexibility index (Phi) is 9.63. The molecule has 1 fully saturated rings. The van der Waals surface area contributed by atoms with E-state index in [1.165, 1.54) is 108 Å². The molecule has 0 aromatic heterocycles. The summed E-state index contributed by atoms with van der Waals surface area (Å²) in [5.41, 5.74) is 12.5. The van der Waals surface area contributed by atoms with Crippen molar-refractivity contribution in [3.8, 4) is 0 Å². The molecule has 4 rings (SSSR count). The van der Waals surface area contributed by atoms with Gasteiger partial charge in [0, 0.05) is 12.1 Å². The molecular formula is C36H49N. The van der Waals surface area contributed by atoms with Crippen LogP contribution in [-0.2, 0) is 6.42 Å². The molecule has 0 radical (unpaired) electrons. The Morgan fingerprint density at radius 1 is 0.919 bits per heavy atom. The van der Waals surface area contributed by atoms with Crippen LogP contribution in [0.4, 0.5) is 0 Å². The summed E-state index contributed by atoms with van der Waals surface area (Å²) in [6, 6.07) is 15.7. The first-order valence-corrected chi connectivity index (χ1v) is 14.8. The molecule has 0 spiro atoms. The number of allylic oxidation sites excluding steroid dienone is 3. The van der Waals surface area contributed by atoms with Gasteiger partial charge >= 0.3 is 0 Å². The van der Waals surface area contributed by atoms with Gasteiger partial charge in [0.2, 0.25) is 0 Å². The zero-order chi connectivity index (χ0) is 26.4. The Hall–Kier alpha value is -2.41. The Labute approximate surface area is 227 Å². The van der Waals surface area contributed by atoms with Crippen LogP contribution in [0.1, 0.15) is 106 Å². The first-order valence-electron chi connectivity index (χ1n) is 14.8. The van der Waals surface area contributed by atoms with Gasteiger partial charge in [0.05, 0.1) is 5.71 Å². The average Bonchev–Trinajstić information content (AvgIpc) is 3.25. The van der Waals surface area contributed by atoms with Crippen LogP contribution in [-0.4, -0.2) is 5.71 Å². The summed E-state index contributed by atoms with van der Waals surface area (Å²) in [4.78, 5) is 5.11. The van der Waals surface area contributed by atoms with Crippen LogP contribution in [0.5, 0.6) is 0 Å². The number of aryl methyl sites for hydroxylation is 4. The van der Waals surface area contributed by atoms with Gasteiger partial charge in [0.25, 0.3) is 0 Å². The number of benzene rings is 2. The maximum atomic E-state index is 5.11. The molecule has 2 aromatic carbocycles. The van der Waals surface area contributed by atoms with Crippen molar-refractivity contribution >= 4 is 5.71 Å². The van der Waals surface area contributed by atoms with Crippen molar-refractivity contribution < 1.29 is 0 Å². The Balaban J connectivity index is 1.25. The van der Waals surface area contributed by atoms with Gasteiger partial charge in [0.15, 0.2) is 0 Å². The van der Waals surface area contributed by atoms with Crippen LogP contribution in [0, 0.1) is 38.5 Å². The van der Waals surface area contributed by atoms with Crippen LogP contribution >= 0.6 is 0 Å². The summed E-state index contributed by atoms with van der Waals surface area (Å²) in [6.45, 7) is 15.6. The molecule has 1 heterocycles. The molecule has 198 valence electrons. The Morgan fingerprint density at radius 3 is 2.43 bits per heavy atom. The molecule has 1 aliphatic heterocycles. The number of hydrogen-bond donors (Lipinski definition) is 0. The van der Waals surface area contributed by atoms with Crippen molar-refractivity contribution in [2.75, 3.05) is 0 Å². The van der Waals surface area contributed by atoms with Crippen molar-refractivity contribution in [2.45, 2.75) is 105 Å². The highest BCUT2D eigenvalue weighted by Gasteiger charge is 2.24. The molecule has 0 saturated heterocycles. The summed E-state index contributed by atoms with van der Waals surface area (Å²) in [6.07, 6.45) is 14.3. The van der Waals surface area contributed by atoms with E-state index in [4.69, 9.17) is 4.99 Å². The number of nitrogens with zero attached hydrogens (tertiary/aromatic N) is 1. The third-order valence-corrected chi connectivity index (χ3v) is 9.11. The molecular weight excluding hydrogens is 446 g/mol. The normalized spacial score (nSPS) is 20.7. The maximum absolute atomic E-state index is 5.11. The van der Waals surface area contributed by atoms with Crippen LogP contribution in [0.3, 0.4) is 0 Å². The minimum atomic E-state index is 0.654. The molecule has 1 saturated carbocycles. The first-order chi connectivity index (χ1) is 17.8. The summed E-state index contributed by atoms with van der Waals surface area (Å²) in [7, 11) is 0. The number of aliphatic imine (C=N–C) groups is 1. The molecule has 37 heavy (non-hydrogen) atoms. The minimum Gasteiger partial charge on any atom is -0.257 e. The quantitative estimate of drug-likeness (QED) is 0.275. The molecule has 3 unspecified atom stereocenters. The Morgan fingerprint density at radius 2 is 1.68 bits per heavy atom. The summed E-state index contributed by atoms with van der Waals surface area (Å²) >= 11 is 0. The largest absolute Gasteiger partial charge is 0.257 e. The van der Waals surface area contributed by atoms with Crippen molar-refractivity contribution in [3.05, 3.63) is 93.7 Å². The van der Waals surface area contributed by atoms with Crippen molar-refractivity contribution in [2.24, 2.45) is 22.7 Å². The van der Waals surface area contributed by atoms with E-state index in [0.717, 1.165) is 24.7 Å². The minimum absolute atomic E-state index is 0.654. The van der Waals surface area contributed by atoms with Crippen LogP contribution < -0.4 is 0 Å². The van der Waals surface area contributed by atoms with E-state index in [-0.39, 0.29) is 0 Å². The van der Waals surface area contributed by atoms with Crippen LogP contribution in [0.15, 0.2) is 70.9 Å². The summed E-state index contributed by atoms with van der Waals surface area (Å²) in [5, 5.41) is 0. The van der Waals surface area contributed by atoms with Gasteiger partial charge in [-0.3, -0.25) is 4.99 Å². The zero-order valence-electron chi connectivity index (χ0n) is 24.2. The third-order valence-electron chi connectivity index (χ3n) is 9.11. The van der Waals surface area contributed by atoms with E-state index in [1.807, 2.05) is 0 Å². The third kappa shape index (κ3) is 7.79. The van der Waals surface area contributed by atoms with Crippen LogP contribution in [0.25, 0.3) is 0 Å². The van der Waals surface area contributed by atoms with E-state index < -0.39 is 0 Å². The lowest BCUT2D eigenvalue weighted by molar-refractivity contribution is 0.233. The molecule has 3 atom stereocenters. The lowest BCUT2D eigenvalue weighted by Gasteiger charge is -2.30. The van der Waals surface area contributed by atoms with E-state index in [2.05, 4.69) is 83.7 Å². The predicted molar refractivity (Wildman–Crippen MR) is 161 cm³/mol. The fourth-order valence-electron chi connectivity index (χ4n) is 6.65. The average molecular weight is 496 g/mol. The lowest BCUT2D eigenvalue weighted by atomic mass is 9.75. The highest BCUT2D eigenvalue weighted by molar-refractivity contribution is 6.04. The fraction of sp³-hybridized carbons (Fsp3) is 0.528. The standard InChI is InChI=1S/C36H49N/c1-25(2)32(18-19-33-21-27(4)13-14-28(33)5)17-15-30-10-8-11-31(24-30)16-20-35-29(6)23-36(37-35)34-12-7-9-26(3)22-34/h7,9,12-14,21-22,30-32H,1,8,10-11,15-20,23-24H2,2-6H3. The molecule has 1 heteroatoms. The summed E-state index contributed by atoms with van der Waals surface area (Å²) < 4.78 is 0. The van der Waals surface area contributed by atoms with Gasteiger partial charge in [-0.1, -0.05) is 85.0 Å².